The fraction of sp³-hybridized carbons (Fsp3) is 0.278. The van der Waals surface area contributed by atoms with Gasteiger partial charge in [-0.05, 0) is 61.4 Å². The van der Waals surface area contributed by atoms with Crippen molar-refractivity contribution in [2.45, 2.75) is 29.8 Å². The molecule has 28 heavy (non-hydrogen) atoms. The maximum Gasteiger partial charge on any atom is 0.416 e. The van der Waals surface area contributed by atoms with E-state index in [1.54, 1.807) is 13.8 Å². The predicted molar refractivity (Wildman–Crippen MR) is 99.7 cm³/mol. The maximum absolute atomic E-state index is 12.6. The Labute approximate surface area is 165 Å². The molecule has 0 radical (unpaired) electrons. The highest BCUT2D eigenvalue weighted by Gasteiger charge is 2.30. The standard InChI is InChI=1S/C18H18F3NO4S2/c1-11-8-15(9-16(12(11)2)17(23)26-3)28(24,25)22-10-27-14-6-4-13(5-7-14)18(19,20)21/h4-9,22H,10H2,1-3H3. The number of hydrogen-bond donors (Lipinski definition) is 1. The van der Waals surface area contributed by atoms with Crippen molar-refractivity contribution < 1.29 is 31.1 Å². The zero-order valence-electron chi connectivity index (χ0n) is 15.3. The molecule has 0 heterocycles. The van der Waals surface area contributed by atoms with Crippen LogP contribution in [-0.4, -0.2) is 27.4 Å². The SMILES string of the molecule is COC(=O)c1cc(S(=O)(=O)NCSc2ccc(C(F)(F)F)cc2)cc(C)c1C. The number of esters is 1. The summed E-state index contributed by atoms with van der Waals surface area (Å²) >= 11 is 1.03. The number of sulfonamides is 1. The first-order valence-corrected chi connectivity index (χ1v) is 10.4. The third-order valence-electron chi connectivity index (χ3n) is 4.03. The van der Waals surface area contributed by atoms with Gasteiger partial charge in [0.1, 0.15) is 0 Å². The number of methoxy groups -OCH3 is 1. The second kappa shape index (κ2) is 8.54. The lowest BCUT2D eigenvalue weighted by molar-refractivity contribution is -0.137. The normalized spacial score (nSPS) is 12.1. The Balaban J connectivity index is 2.12. The molecule has 0 fully saturated rings. The van der Waals surface area contributed by atoms with Crippen LogP contribution < -0.4 is 4.72 Å². The lowest BCUT2D eigenvalue weighted by Gasteiger charge is -2.12. The van der Waals surface area contributed by atoms with Crippen molar-refractivity contribution in [2.24, 2.45) is 0 Å². The van der Waals surface area contributed by atoms with E-state index >= 15 is 0 Å². The maximum atomic E-state index is 12.6. The van der Waals surface area contributed by atoms with Crippen LogP contribution in [0.1, 0.15) is 27.0 Å². The van der Waals surface area contributed by atoms with Gasteiger partial charge in [0, 0.05) is 4.90 Å². The van der Waals surface area contributed by atoms with Gasteiger partial charge in [-0.2, -0.15) is 13.2 Å². The van der Waals surface area contributed by atoms with E-state index in [0.29, 0.717) is 16.0 Å². The molecule has 5 nitrogen and oxygen atoms in total. The Bertz CT molecular complexity index is 972. The molecule has 0 spiro atoms. The van der Waals surface area contributed by atoms with Crippen LogP contribution in [-0.2, 0) is 20.9 Å². The smallest absolute Gasteiger partial charge is 0.416 e. The van der Waals surface area contributed by atoms with E-state index in [0.717, 1.165) is 23.9 Å². The van der Waals surface area contributed by atoms with Gasteiger partial charge in [0.25, 0.3) is 0 Å². The van der Waals surface area contributed by atoms with Crippen LogP contribution in [0.4, 0.5) is 13.2 Å². The molecule has 2 aromatic carbocycles. The summed E-state index contributed by atoms with van der Waals surface area (Å²) in [4.78, 5) is 12.2. The molecule has 0 bridgehead atoms. The number of hydrogen-bond acceptors (Lipinski definition) is 5. The molecule has 0 aliphatic carbocycles. The summed E-state index contributed by atoms with van der Waals surface area (Å²) in [6.07, 6.45) is -4.43. The largest absolute Gasteiger partial charge is 0.465 e. The first-order chi connectivity index (χ1) is 13.0. The Morgan fingerprint density at radius 3 is 2.29 bits per heavy atom. The molecule has 0 amide bonds. The first-order valence-electron chi connectivity index (χ1n) is 7.95. The molecule has 0 saturated heterocycles. The Hall–Kier alpha value is -2.04. The fourth-order valence-electron chi connectivity index (χ4n) is 2.32. The molecule has 2 rings (SSSR count). The van der Waals surface area contributed by atoms with Crippen molar-refractivity contribution in [3.63, 3.8) is 0 Å². The molecule has 0 aliphatic heterocycles. The highest BCUT2D eigenvalue weighted by atomic mass is 32.2. The minimum Gasteiger partial charge on any atom is -0.465 e. The minimum absolute atomic E-state index is 0.0891. The number of nitrogens with one attached hydrogen (secondary N) is 1. The summed E-state index contributed by atoms with van der Waals surface area (Å²) in [7, 11) is -2.72. The van der Waals surface area contributed by atoms with E-state index < -0.39 is 27.7 Å². The van der Waals surface area contributed by atoms with Crippen molar-refractivity contribution in [3.05, 3.63) is 58.7 Å². The van der Waals surface area contributed by atoms with Gasteiger partial charge >= 0.3 is 12.1 Å². The second-order valence-corrected chi connectivity index (χ2v) is 8.68. The van der Waals surface area contributed by atoms with Gasteiger partial charge < -0.3 is 4.74 Å². The van der Waals surface area contributed by atoms with Crippen molar-refractivity contribution in [2.75, 3.05) is 13.0 Å². The van der Waals surface area contributed by atoms with E-state index in [9.17, 15) is 26.4 Å². The van der Waals surface area contributed by atoms with Gasteiger partial charge in [0.05, 0.1) is 29.0 Å². The van der Waals surface area contributed by atoms with Crippen LogP contribution in [0, 0.1) is 13.8 Å². The quantitative estimate of drug-likeness (QED) is 0.421. The van der Waals surface area contributed by atoms with Crippen molar-refractivity contribution in [1.82, 2.24) is 4.72 Å². The lowest BCUT2D eigenvalue weighted by Crippen LogP contribution is -2.24. The number of carbonyl (C=O) groups is 1. The molecule has 0 aliphatic rings. The minimum atomic E-state index is -4.43. The monoisotopic (exact) mass is 433 g/mol. The van der Waals surface area contributed by atoms with E-state index in [4.69, 9.17) is 0 Å². The molecule has 0 unspecified atom stereocenters. The summed E-state index contributed by atoms with van der Waals surface area (Å²) in [6.45, 7) is 3.36. The van der Waals surface area contributed by atoms with Crippen molar-refractivity contribution in [1.29, 1.82) is 0 Å². The molecular weight excluding hydrogens is 415 g/mol. The number of alkyl halides is 3. The number of benzene rings is 2. The van der Waals surface area contributed by atoms with Gasteiger partial charge in [-0.25, -0.2) is 17.9 Å². The molecule has 0 atom stereocenters. The summed E-state index contributed by atoms with van der Waals surface area (Å²) in [5, 5.41) is 0. The number of rotatable bonds is 6. The predicted octanol–water partition coefficient (Wildman–Crippen LogP) is 4.14. The topological polar surface area (TPSA) is 72.5 Å². The van der Waals surface area contributed by atoms with Gasteiger partial charge in [-0.15, -0.1) is 11.8 Å². The number of halogens is 3. The van der Waals surface area contributed by atoms with Gasteiger partial charge in [0.15, 0.2) is 0 Å². The number of thioether (sulfide) groups is 1. The Kier molecular flexibility index (Phi) is 6.79. The highest BCUT2D eigenvalue weighted by molar-refractivity contribution is 8.00. The van der Waals surface area contributed by atoms with Crippen molar-refractivity contribution >= 4 is 27.8 Å². The molecule has 2 aromatic rings. The average molecular weight is 433 g/mol. The summed E-state index contributed by atoms with van der Waals surface area (Å²) < 4.78 is 69.7. The van der Waals surface area contributed by atoms with Gasteiger partial charge in [-0.3, -0.25) is 0 Å². The van der Waals surface area contributed by atoms with Crippen LogP contribution in [0.15, 0.2) is 46.2 Å². The van der Waals surface area contributed by atoms with E-state index in [1.807, 2.05) is 0 Å². The number of carbonyl (C=O) groups excluding carboxylic acids is 1. The van der Waals surface area contributed by atoms with Crippen LogP contribution >= 0.6 is 11.8 Å². The molecule has 0 aromatic heterocycles. The average Bonchev–Trinajstić information content (AvgIpc) is 2.62. The third kappa shape index (κ3) is 5.27. The molecule has 1 N–H and O–H groups in total. The lowest BCUT2D eigenvalue weighted by atomic mass is 10.0. The fourth-order valence-corrected chi connectivity index (χ4v) is 4.44. The molecule has 152 valence electrons. The zero-order chi connectivity index (χ0) is 21.1. The van der Waals surface area contributed by atoms with Gasteiger partial charge in [-0.1, -0.05) is 0 Å². The van der Waals surface area contributed by atoms with Crippen LogP contribution in [0.25, 0.3) is 0 Å². The Morgan fingerprint density at radius 1 is 1.14 bits per heavy atom. The molecule has 0 saturated carbocycles. The second-order valence-electron chi connectivity index (χ2n) is 5.86. The number of aryl methyl sites for hydroxylation is 1. The van der Waals surface area contributed by atoms with Gasteiger partial charge in [0.2, 0.25) is 10.0 Å². The van der Waals surface area contributed by atoms with Crippen LogP contribution in [0.5, 0.6) is 0 Å². The molecule has 10 heteroatoms. The van der Waals surface area contributed by atoms with E-state index in [1.165, 1.54) is 31.4 Å². The number of ether oxygens (including phenoxy) is 1. The van der Waals surface area contributed by atoms with Crippen molar-refractivity contribution in [3.8, 4) is 0 Å². The van der Waals surface area contributed by atoms with Crippen LogP contribution in [0.2, 0.25) is 0 Å². The summed E-state index contributed by atoms with van der Waals surface area (Å²) in [5.41, 5.74) is 0.602. The third-order valence-corrected chi connectivity index (χ3v) is 6.48. The zero-order valence-corrected chi connectivity index (χ0v) is 16.9. The highest BCUT2D eigenvalue weighted by Crippen LogP contribution is 2.30. The Morgan fingerprint density at radius 2 is 1.75 bits per heavy atom. The molecular formula is C18H18F3NO4S2. The van der Waals surface area contributed by atoms with E-state index in [2.05, 4.69) is 9.46 Å². The first kappa shape index (κ1) is 22.3. The summed E-state index contributed by atoms with van der Waals surface area (Å²) in [5.74, 6) is -0.731. The van der Waals surface area contributed by atoms with E-state index in [-0.39, 0.29) is 16.3 Å². The van der Waals surface area contributed by atoms with Crippen LogP contribution in [0.3, 0.4) is 0 Å². The summed E-state index contributed by atoms with van der Waals surface area (Å²) in [6, 6.07) is 7.08.